The third kappa shape index (κ3) is 3.77. The minimum atomic E-state index is -0.653. The van der Waals surface area contributed by atoms with Gasteiger partial charge in [-0.1, -0.05) is 6.42 Å². The lowest BCUT2D eigenvalue weighted by atomic mass is 9.85. The molecule has 24 heavy (non-hydrogen) atoms. The Kier molecular flexibility index (Phi) is 6.13. The molecule has 3 fully saturated rings. The number of nitrogens with zero attached hydrogens (tertiary/aromatic N) is 1. The topological polar surface area (TPSA) is 62.8 Å². The van der Waals surface area contributed by atoms with Crippen molar-refractivity contribution in [1.29, 1.82) is 0 Å². The number of piperidine rings is 2. The predicted molar refractivity (Wildman–Crippen MR) is 93.1 cm³/mol. The second-order valence-corrected chi connectivity index (χ2v) is 7.52. The Morgan fingerprint density at radius 3 is 2.42 bits per heavy atom. The molecule has 0 aromatic carbocycles. The minimum absolute atomic E-state index is 0.0642. The highest BCUT2D eigenvalue weighted by molar-refractivity contribution is 5.85. The minimum Gasteiger partial charge on any atom is -0.381 e. The lowest BCUT2D eigenvalue weighted by Gasteiger charge is -2.48. The molecule has 138 valence electrons. The molecule has 3 aliphatic rings. The summed E-state index contributed by atoms with van der Waals surface area (Å²) in [5, 5.41) is 6.57. The van der Waals surface area contributed by atoms with Crippen LogP contribution in [0.1, 0.15) is 44.9 Å². The van der Waals surface area contributed by atoms with Gasteiger partial charge in [0.05, 0.1) is 0 Å². The van der Waals surface area contributed by atoms with Crippen LogP contribution in [-0.4, -0.2) is 75.0 Å². The Bertz CT molecular complexity index is 412. The first-order valence-electron chi connectivity index (χ1n) is 9.58. The van der Waals surface area contributed by atoms with Crippen molar-refractivity contribution in [3.8, 4) is 0 Å². The van der Waals surface area contributed by atoms with Crippen molar-refractivity contribution in [1.82, 2.24) is 15.5 Å². The summed E-state index contributed by atoms with van der Waals surface area (Å²) in [7, 11) is 1.67. The van der Waals surface area contributed by atoms with Gasteiger partial charge in [-0.2, -0.15) is 0 Å². The molecule has 0 spiro atoms. The Morgan fingerprint density at radius 2 is 1.79 bits per heavy atom. The maximum atomic E-state index is 12.9. The number of likely N-dealkylation sites (tertiary alicyclic amines) is 1. The Hall–Kier alpha value is -0.690. The summed E-state index contributed by atoms with van der Waals surface area (Å²) in [5.41, 5.74) is -0.588. The van der Waals surface area contributed by atoms with Crippen molar-refractivity contribution < 1.29 is 14.3 Å². The van der Waals surface area contributed by atoms with Crippen LogP contribution >= 0.6 is 0 Å². The molecule has 0 aromatic rings. The van der Waals surface area contributed by atoms with Gasteiger partial charge in [-0.05, 0) is 64.7 Å². The maximum absolute atomic E-state index is 12.9. The smallest absolute Gasteiger partial charge is 0.252 e. The zero-order chi connectivity index (χ0) is 16.9. The summed E-state index contributed by atoms with van der Waals surface area (Å²) in [5.74, 6) is 0.0642. The summed E-state index contributed by atoms with van der Waals surface area (Å²) >= 11 is 0. The molecule has 0 radical (unpaired) electrons. The first kappa shape index (κ1) is 18.1. The highest BCUT2D eigenvalue weighted by atomic mass is 16.5. The number of hydrogen-bond donors (Lipinski definition) is 2. The van der Waals surface area contributed by atoms with E-state index in [-0.39, 0.29) is 11.4 Å². The second kappa shape index (κ2) is 8.13. The normalized spacial score (nSPS) is 27.5. The SMILES string of the molecule is COC1(C(=O)NCC2(N3CCCCC3)CCOCC2)CCNCC1. The Labute approximate surface area is 145 Å². The van der Waals surface area contributed by atoms with E-state index in [0.717, 1.165) is 65.1 Å². The van der Waals surface area contributed by atoms with Crippen molar-refractivity contribution in [2.75, 3.05) is 53.0 Å². The fourth-order valence-corrected chi connectivity index (χ4v) is 4.48. The standard InChI is InChI=1S/C18H33N3O3/c1-23-18(5-9-19-10-6-18)16(22)20-15-17(7-13-24-14-8-17)21-11-3-2-4-12-21/h19H,2-15H2,1H3,(H,20,22). The fourth-order valence-electron chi connectivity index (χ4n) is 4.48. The third-order valence-corrected chi connectivity index (χ3v) is 6.24. The van der Waals surface area contributed by atoms with Crippen molar-refractivity contribution in [3.63, 3.8) is 0 Å². The Balaban J connectivity index is 1.65. The molecular weight excluding hydrogens is 306 g/mol. The average molecular weight is 339 g/mol. The quantitative estimate of drug-likeness (QED) is 0.779. The molecule has 3 aliphatic heterocycles. The van der Waals surface area contributed by atoms with Crippen LogP contribution in [0.4, 0.5) is 0 Å². The predicted octanol–water partition coefficient (Wildman–Crippen LogP) is 0.906. The first-order chi connectivity index (χ1) is 11.7. The summed E-state index contributed by atoms with van der Waals surface area (Å²) in [6, 6.07) is 0. The van der Waals surface area contributed by atoms with Crippen LogP contribution in [0.2, 0.25) is 0 Å². The molecule has 0 bridgehead atoms. The number of carbonyl (C=O) groups is 1. The molecule has 3 heterocycles. The van der Waals surface area contributed by atoms with Gasteiger partial charge >= 0.3 is 0 Å². The van der Waals surface area contributed by atoms with Gasteiger partial charge in [-0.3, -0.25) is 9.69 Å². The van der Waals surface area contributed by atoms with Gasteiger partial charge in [-0.25, -0.2) is 0 Å². The number of rotatable bonds is 5. The molecule has 6 nitrogen and oxygen atoms in total. The molecule has 0 atom stereocenters. The molecule has 3 rings (SSSR count). The molecule has 0 saturated carbocycles. The van der Waals surface area contributed by atoms with E-state index in [4.69, 9.17) is 9.47 Å². The average Bonchev–Trinajstić information content (AvgIpc) is 2.68. The number of methoxy groups -OCH3 is 1. The van der Waals surface area contributed by atoms with Gasteiger partial charge in [0.15, 0.2) is 0 Å². The third-order valence-electron chi connectivity index (χ3n) is 6.24. The molecule has 6 heteroatoms. The molecule has 0 aromatic heterocycles. The van der Waals surface area contributed by atoms with E-state index >= 15 is 0 Å². The summed E-state index contributed by atoms with van der Waals surface area (Å²) in [6.07, 6.45) is 7.37. The van der Waals surface area contributed by atoms with E-state index in [1.165, 1.54) is 19.3 Å². The van der Waals surface area contributed by atoms with E-state index in [1.807, 2.05) is 0 Å². The molecular formula is C18H33N3O3. The van der Waals surface area contributed by atoms with E-state index in [9.17, 15) is 4.79 Å². The van der Waals surface area contributed by atoms with Crippen molar-refractivity contribution in [2.45, 2.75) is 56.1 Å². The van der Waals surface area contributed by atoms with Crippen LogP contribution in [-0.2, 0) is 14.3 Å². The fraction of sp³-hybridized carbons (Fsp3) is 0.944. The van der Waals surface area contributed by atoms with Crippen LogP contribution in [0, 0.1) is 0 Å². The van der Waals surface area contributed by atoms with Crippen LogP contribution in [0.25, 0.3) is 0 Å². The van der Waals surface area contributed by atoms with E-state index < -0.39 is 5.60 Å². The van der Waals surface area contributed by atoms with Gasteiger partial charge < -0.3 is 20.1 Å². The van der Waals surface area contributed by atoms with Crippen LogP contribution < -0.4 is 10.6 Å². The Morgan fingerprint density at radius 1 is 1.12 bits per heavy atom. The lowest BCUT2D eigenvalue weighted by molar-refractivity contribution is -0.148. The highest BCUT2D eigenvalue weighted by Crippen LogP contribution is 2.31. The lowest BCUT2D eigenvalue weighted by Crippen LogP contribution is -2.62. The summed E-state index contributed by atoms with van der Waals surface area (Å²) in [4.78, 5) is 15.5. The number of ether oxygens (including phenoxy) is 2. The molecule has 0 unspecified atom stereocenters. The number of hydrogen-bond acceptors (Lipinski definition) is 5. The molecule has 0 aliphatic carbocycles. The van der Waals surface area contributed by atoms with Gasteiger partial charge in [0.25, 0.3) is 5.91 Å². The molecule has 1 amide bonds. The van der Waals surface area contributed by atoms with E-state index in [0.29, 0.717) is 6.54 Å². The number of nitrogens with one attached hydrogen (secondary N) is 2. The largest absolute Gasteiger partial charge is 0.381 e. The van der Waals surface area contributed by atoms with Gasteiger partial charge in [0.2, 0.25) is 0 Å². The highest BCUT2D eigenvalue weighted by Gasteiger charge is 2.43. The van der Waals surface area contributed by atoms with Gasteiger partial charge in [0.1, 0.15) is 5.60 Å². The summed E-state index contributed by atoms with van der Waals surface area (Å²) < 4.78 is 11.3. The van der Waals surface area contributed by atoms with E-state index in [1.54, 1.807) is 7.11 Å². The second-order valence-electron chi connectivity index (χ2n) is 7.52. The van der Waals surface area contributed by atoms with Crippen molar-refractivity contribution >= 4 is 5.91 Å². The van der Waals surface area contributed by atoms with Gasteiger partial charge in [-0.15, -0.1) is 0 Å². The maximum Gasteiger partial charge on any atom is 0.252 e. The first-order valence-corrected chi connectivity index (χ1v) is 9.58. The zero-order valence-electron chi connectivity index (χ0n) is 15.1. The monoisotopic (exact) mass is 339 g/mol. The number of amides is 1. The molecule has 3 saturated heterocycles. The van der Waals surface area contributed by atoms with Crippen LogP contribution in [0.5, 0.6) is 0 Å². The zero-order valence-corrected chi connectivity index (χ0v) is 15.1. The van der Waals surface area contributed by atoms with Crippen molar-refractivity contribution in [2.24, 2.45) is 0 Å². The number of carbonyl (C=O) groups excluding carboxylic acids is 1. The summed E-state index contributed by atoms with van der Waals surface area (Å²) in [6.45, 7) is 6.29. The van der Waals surface area contributed by atoms with Crippen LogP contribution in [0.15, 0.2) is 0 Å². The molecule has 2 N–H and O–H groups in total. The van der Waals surface area contributed by atoms with Gasteiger partial charge in [0, 0.05) is 32.4 Å². The van der Waals surface area contributed by atoms with E-state index in [2.05, 4.69) is 15.5 Å². The van der Waals surface area contributed by atoms with Crippen LogP contribution in [0.3, 0.4) is 0 Å². The van der Waals surface area contributed by atoms with Crippen molar-refractivity contribution in [3.05, 3.63) is 0 Å².